The lowest BCUT2D eigenvalue weighted by molar-refractivity contribution is 0.590. The van der Waals surface area contributed by atoms with Gasteiger partial charge in [-0.15, -0.1) is 0 Å². The van der Waals surface area contributed by atoms with Crippen molar-refractivity contribution in [3.05, 3.63) is 17.5 Å². The van der Waals surface area contributed by atoms with Crippen LogP contribution in [0.5, 0.6) is 0 Å². The minimum Gasteiger partial charge on any atom is -0.325 e. The number of nitrogens with zero attached hydrogens (tertiary/aromatic N) is 2. The van der Waals surface area contributed by atoms with E-state index in [4.69, 9.17) is 5.73 Å². The fourth-order valence-electron chi connectivity index (χ4n) is 1.50. The summed E-state index contributed by atoms with van der Waals surface area (Å²) < 4.78 is 2.09. The smallest absolute Gasteiger partial charge is 0.0625 e. The Morgan fingerprint density at radius 2 is 2.12 bits per heavy atom. The number of hydrogen-bond donors (Lipinski definition) is 1. The Hall–Kier alpha value is -0.480. The standard InChI is InChI=1S/C12H23N3S/c1-5-10-7-11(15(6-2)14-10)8-16-9-12(3,4)13/h7H,5-6,8-9,13H2,1-4H3. The van der Waals surface area contributed by atoms with Gasteiger partial charge in [-0.05, 0) is 33.3 Å². The number of thioether (sulfide) groups is 1. The van der Waals surface area contributed by atoms with Crippen molar-refractivity contribution in [2.24, 2.45) is 5.73 Å². The Bertz CT molecular complexity index is 325. The summed E-state index contributed by atoms with van der Waals surface area (Å²) in [6.45, 7) is 9.35. The molecule has 0 radical (unpaired) electrons. The van der Waals surface area contributed by atoms with Gasteiger partial charge in [0.15, 0.2) is 0 Å². The van der Waals surface area contributed by atoms with Crippen molar-refractivity contribution in [2.75, 3.05) is 5.75 Å². The summed E-state index contributed by atoms with van der Waals surface area (Å²) in [5.74, 6) is 1.98. The van der Waals surface area contributed by atoms with Gasteiger partial charge in [0.25, 0.3) is 0 Å². The molecule has 0 atom stereocenters. The monoisotopic (exact) mass is 241 g/mol. The van der Waals surface area contributed by atoms with Gasteiger partial charge in [0, 0.05) is 29.3 Å². The first-order chi connectivity index (χ1) is 7.46. The quantitative estimate of drug-likeness (QED) is 0.832. The summed E-state index contributed by atoms with van der Waals surface area (Å²) in [7, 11) is 0. The van der Waals surface area contributed by atoms with Crippen LogP contribution < -0.4 is 5.73 Å². The molecule has 0 spiro atoms. The van der Waals surface area contributed by atoms with Crippen LogP contribution in [0.1, 0.15) is 39.1 Å². The minimum absolute atomic E-state index is 0.0880. The van der Waals surface area contributed by atoms with Crippen molar-refractivity contribution in [1.82, 2.24) is 9.78 Å². The molecule has 16 heavy (non-hydrogen) atoms. The fraction of sp³-hybridized carbons (Fsp3) is 0.750. The summed E-state index contributed by atoms with van der Waals surface area (Å²) in [6, 6.07) is 2.21. The van der Waals surface area contributed by atoms with Crippen molar-refractivity contribution < 1.29 is 0 Å². The molecule has 0 amide bonds. The normalized spacial score (nSPS) is 12.1. The maximum Gasteiger partial charge on any atom is 0.0625 e. The number of rotatable bonds is 6. The molecule has 0 fully saturated rings. The summed E-state index contributed by atoms with van der Waals surface area (Å²) in [5, 5.41) is 4.53. The van der Waals surface area contributed by atoms with Crippen molar-refractivity contribution in [1.29, 1.82) is 0 Å². The summed E-state index contributed by atoms with van der Waals surface area (Å²) in [4.78, 5) is 0. The number of aromatic nitrogens is 2. The van der Waals surface area contributed by atoms with Crippen LogP contribution in [-0.4, -0.2) is 21.1 Å². The predicted molar refractivity (Wildman–Crippen MR) is 71.7 cm³/mol. The fourth-order valence-corrected chi connectivity index (χ4v) is 2.57. The van der Waals surface area contributed by atoms with Crippen LogP contribution in [0.2, 0.25) is 0 Å². The lowest BCUT2D eigenvalue weighted by Crippen LogP contribution is -2.34. The SMILES string of the molecule is CCc1cc(CSCC(C)(C)N)n(CC)n1. The zero-order valence-corrected chi connectivity index (χ0v) is 11.6. The molecule has 0 bridgehead atoms. The Balaban J connectivity index is 2.55. The van der Waals surface area contributed by atoms with E-state index in [0.29, 0.717) is 0 Å². The van der Waals surface area contributed by atoms with E-state index < -0.39 is 0 Å². The van der Waals surface area contributed by atoms with Crippen molar-refractivity contribution >= 4 is 11.8 Å². The Morgan fingerprint density at radius 3 is 2.62 bits per heavy atom. The third kappa shape index (κ3) is 4.18. The van der Waals surface area contributed by atoms with Gasteiger partial charge in [0.1, 0.15) is 0 Å². The maximum absolute atomic E-state index is 5.96. The van der Waals surface area contributed by atoms with Crippen LogP contribution in [0.4, 0.5) is 0 Å². The Kier molecular flexibility index (Phi) is 4.87. The van der Waals surface area contributed by atoms with Crippen LogP contribution in [-0.2, 0) is 18.7 Å². The van der Waals surface area contributed by atoms with Gasteiger partial charge < -0.3 is 5.73 Å². The van der Waals surface area contributed by atoms with Crippen molar-refractivity contribution in [2.45, 2.75) is 52.0 Å². The summed E-state index contributed by atoms with van der Waals surface area (Å²) in [5.41, 5.74) is 8.37. The lowest BCUT2D eigenvalue weighted by Gasteiger charge is -2.17. The first-order valence-electron chi connectivity index (χ1n) is 5.88. The molecule has 0 saturated carbocycles. The molecule has 92 valence electrons. The molecular formula is C12H23N3S. The zero-order chi connectivity index (χ0) is 12.2. The Labute approximate surface area is 103 Å². The molecule has 0 aliphatic rings. The van der Waals surface area contributed by atoms with Gasteiger partial charge in [-0.3, -0.25) is 4.68 Å². The third-order valence-corrected chi connectivity index (χ3v) is 3.75. The van der Waals surface area contributed by atoms with Gasteiger partial charge in [-0.2, -0.15) is 16.9 Å². The highest BCUT2D eigenvalue weighted by molar-refractivity contribution is 7.98. The van der Waals surface area contributed by atoms with Crippen LogP contribution in [0.3, 0.4) is 0 Å². The van der Waals surface area contributed by atoms with E-state index in [1.807, 2.05) is 11.8 Å². The van der Waals surface area contributed by atoms with Crippen molar-refractivity contribution in [3.8, 4) is 0 Å². The van der Waals surface area contributed by atoms with E-state index in [0.717, 1.165) is 24.5 Å². The molecule has 0 aromatic carbocycles. The molecule has 1 heterocycles. The van der Waals surface area contributed by atoms with E-state index in [-0.39, 0.29) is 5.54 Å². The molecule has 1 rings (SSSR count). The molecule has 4 heteroatoms. The molecule has 0 aliphatic carbocycles. The van der Waals surface area contributed by atoms with Gasteiger partial charge in [-0.25, -0.2) is 0 Å². The van der Waals surface area contributed by atoms with Crippen LogP contribution in [0.25, 0.3) is 0 Å². The van der Waals surface area contributed by atoms with Gasteiger partial charge in [0.05, 0.1) is 5.69 Å². The Morgan fingerprint density at radius 1 is 1.44 bits per heavy atom. The second kappa shape index (κ2) is 5.73. The van der Waals surface area contributed by atoms with E-state index in [9.17, 15) is 0 Å². The second-order valence-corrected chi connectivity index (χ2v) is 5.76. The molecule has 0 aliphatic heterocycles. The third-order valence-electron chi connectivity index (χ3n) is 2.30. The summed E-state index contributed by atoms with van der Waals surface area (Å²) in [6.07, 6.45) is 1.01. The van der Waals surface area contributed by atoms with Crippen LogP contribution in [0, 0.1) is 0 Å². The van der Waals surface area contributed by atoms with Crippen LogP contribution >= 0.6 is 11.8 Å². The highest BCUT2D eigenvalue weighted by Crippen LogP contribution is 2.17. The highest BCUT2D eigenvalue weighted by Gasteiger charge is 2.12. The van der Waals surface area contributed by atoms with E-state index in [2.05, 4.69) is 43.5 Å². The molecule has 1 aromatic rings. The minimum atomic E-state index is -0.0880. The number of aryl methyl sites for hydroxylation is 2. The second-order valence-electron chi connectivity index (χ2n) is 4.78. The van der Waals surface area contributed by atoms with Gasteiger partial charge in [0.2, 0.25) is 0 Å². The lowest BCUT2D eigenvalue weighted by atomic mass is 10.1. The first-order valence-corrected chi connectivity index (χ1v) is 7.04. The average molecular weight is 241 g/mol. The van der Waals surface area contributed by atoms with Gasteiger partial charge >= 0.3 is 0 Å². The first kappa shape index (κ1) is 13.6. The average Bonchev–Trinajstić information content (AvgIpc) is 2.58. The van der Waals surface area contributed by atoms with E-state index in [1.165, 1.54) is 11.4 Å². The highest BCUT2D eigenvalue weighted by atomic mass is 32.2. The molecule has 1 aromatic heterocycles. The van der Waals surface area contributed by atoms with Crippen molar-refractivity contribution in [3.63, 3.8) is 0 Å². The largest absolute Gasteiger partial charge is 0.325 e. The molecule has 0 saturated heterocycles. The molecule has 0 unspecified atom stereocenters. The van der Waals surface area contributed by atoms with E-state index in [1.54, 1.807) is 0 Å². The van der Waals surface area contributed by atoms with E-state index >= 15 is 0 Å². The molecule has 3 nitrogen and oxygen atoms in total. The topological polar surface area (TPSA) is 43.8 Å². The molecular weight excluding hydrogens is 218 g/mol. The van der Waals surface area contributed by atoms with Gasteiger partial charge in [-0.1, -0.05) is 6.92 Å². The molecule has 2 N–H and O–H groups in total. The van der Waals surface area contributed by atoms with Crippen LogP contribution in [0.15, 0.2) is 6.07 Å². The number of nitrogens with two attached hydrogens (primary N) is 1. The number of hydrogen-bond acceptors (Lipinski definition) is 3. The summed E-state index contributed by atoms with van der Waals surface area (Å²) >= 11 is 1.88. The maximum atomic E-state index is 5.96. The zero-order valence-electron chi connectivity index (χ0n) is 10.8. The predicted octanol–water partition coefficient (Wildman–Crippen LogP) is 2.44.